The number of carboxylic acid groups (broad SMARTS) is 1. The van der Waals surface area contributed by atoms with Gasteiger partial charge in [-0.25, -0.2) is 0 Å². The van der Waals surface area contributed by atoms with Crippen LogP contribution >= 0.6 is 0 Å². The molecule has 1 aliphatic rings. The van der Waals surface area contributed by atoms with E-state index >= 15 is 0 Å². The summed E-state index contributed by atoms with van der Waals surface area (Å²) in [6.45, 7) is 7.28. The minimum atomic E-state index is -0.925. The van der Waals surface area contributed by atoms with Gasteiger partial charge in [-0.05, 0) is 68.1 Å². The van der Waals surface area contributed by atoms with Crippen LogP contribution in [0.15, 0.2) is 70.9 Å². The Kier molecular flexibility index (Phi) is 6.38. The van der Waals surface area contributed by atoms with E-state index in [4.69, 9.17) is 0 Å². The van der Waals surface area contributed by atoms with Crippen molar-refractivity contribution >= 4 is 34.7 Å². The quantitative estimate of drug-likeness (QED) is 0.344. The van der Waals surface area contributed by atoms with Gasteiger partial charge in [0.2, 0.25) is 0 Å². The third-order valence-corrected chi connectivity index (χ3v) is 6.11. The van der Waals surface area contributed by atoms with E-state index in [1.807, 2.05) is 32.0 Å². The van der Waals surface area contributed by atoms with E-state index in [1.165, 1.54) is 5.01 Å². The van der Waals surface area contributed by atoms with Gasteiger partial charge >= 0.3 is 11.9 Å². The summed E-state index contributed by atoms with van der Waals surface area (Å²) in [5.41, 5.74) is 8.32. The molecule has 0 fully saturated rings. The summed E-state index contributed by atoms with van der Waals surface area (Å²) in [4.78, 5) is 24.4. The smallest absolute Gasteiger partial charge is 0.310 e. The van der Waals surface area contributed by atoms with Gasteiger partial charge in [0.1, 0.15) is 5.75 Å². The third kappa shape index (κ3) is 4.63. The van der Waals surface area contributed by atoms with E-state index < -0.39 is 11.9 Å². The number of phenols is 1. The fourth-order valence-electron chi connectivity index (χ4n) is 3.76. The Morgan fingerprint density at radius 3 is 2.49 bits per heavy atom. The number of aromatic hydroxyl groups is 1. The summed E-state index contributed by atoms with van der Waals surface area (Å²) in [5.74, 6) is -2.04. The van der Waals surface area contributed by atoms with Gasteiger partial charge in [-0.3, -0.25) is 15.0 Å². The molecule has 1 atom stereocenters. The second kappa shape index (κ2) is 9.42. The molecule has 0 radical (unpaired) electrons. The van der Waals surface area contributed by atoms with Crippen LogP contribution in [0.1, 0.15) is 36.5 Å². The van der Waals surface area contributed by atoms with Gasteiger partial charge in [-0.2, -0.15) is 15.2 Å². The average molecular weight is 471 g/mol. The van der Waals surface area contributed by atoms with Crippen LogP contribution in [0.5, 0.6) is 5.75 Å². The van der Waals surface area contributed by atoms with Crippen LogP contribution in [0.4, 0.5) is 11.4 Å². The lowest BCUT2D eigenvalue weighted by molar-refractivity contribution is -0.138. The maximum Gasteiger partial charge on any atom is 0.310 e. The molecule has 1 aliphatic heterocycles. The zero-order valence-electron chi connectivity index (χ0n) is 19.9. The lowest BCUT2D eigenvalue weighted by atomic mass is 9.96. The van der Waals surface area contributed by atoms with Gasteiger partial charge in [0.15, 0.2) is 5.71 Å². The first-order valence-corrected chi connectivity index (χ1v) is 11.1. The van der Waals surface area contributed by atoms with Crippen molar-refractivity contribution in [1.29, 1.82) is 0 Å². The molecule has 1 heterocycles. The van der Waals surface area contributed by atoms with Crippen LogP contribution in [0, 0.1) is 13.8 Å². The molecule has 178 valence electrons. The molecule has 3 aromatic carbocycles. The highest BCUT2D eigenvalue weighted by Gasteiger charge is 2.31. The van der Waals surface area contributed by atoms with Crippen molar-refractivity contribution in [2.24, 2.45) is 10.2 Å². The van der Waals surface area contributed by atoms with Crippen molar-refractivity contribution in [3.63, 3.8) is 0 Å². The number of nitrogens with zero attached hydrogens (tertiary/aromatic N) is 3. The molecule has 8 nitrogen and oxygen atoms in total. The largest absolute Gasteiger partial charge is 0.505 e. The number of carbonyl (C=O) groups excluding carboxylic acids is 1. The number of benzene rings is 3. The molecule has 0 saturated carbocycles. The Hall–Kier alpha value is -4.46. The first kappa shape index (κ1) is 23.7. The predicted molar refractivity (Wildman–Crippen MR) is 137 cm³/mol. The van der Waals surface area contributed by atoms with E-state index in [2.05, 4.69) is 15.6 Å². The van der Waals surface area contributed by atoms with Crippen molar-refractivity contribution in [1.82, 2.24) is 0 Å². The summed E-state index contributed by atoms with van der Waals surface area (Å²) in [6.07, 6.45) is 0. The van der Waals surface area contributed by atoms with Crippen molar-refractivity contribution < 1.29 is 19.8 Å². The molecule has 1 unspecified atom stereocenters. The Bertz CT molecular complexity index is 1390. The van der Waals surface area contributed by atoms with Gasteiger partial charge in [0.25, 0.3) is 0 Å². The molecule has 4 rings (SSSR count). The molecule has 8 heteroatoms. The number of carbonyl (C=O) groups is 2. The zero-order chi connectivity index (χ0) is 25.3. The number of hydrogen-bond donors (Lipinski definition) is 3. The number of nitrogens with one attached hydrogen (secondary N) is 1. The van der Waals surface area contributed by atoms with Crippen molar-refractivity contribution in [2.75, 3.05) is 10.4 Å². The fourth-order valence-corrected chi connectivity index (χ4v) is 3.76. The normalized spacial score (nSPS) is 15.3. The van der Waals surface area contributed by atoms with Crippen LogP contribution in [0.2, 0.25) is 0 Å². The van der Waals surface area contributed by atoms with E-state index in [1.54, 1.807) is 56.3 Å². The molecule has 0 saturated heterocycles. The number of anilines is 2. The number of rotatable bonds is 6. The SMILES string of the molecule is CC1=NN(c2ccc(C)c(C)c2)C(=O)/C1=N\Nc1cccc(-c2cccc(C(C)C(=O)O)c2)c1O. The Balaban J connectivity index is 1.60. The Morgan fingerprint density at radius 2 is 1.77 bits per heavy atom. The van der Waals surface area contributed by atoms with Crippen LogP contribution in [0.25, 0.3) is 11.1 Å². The van der Waals surface area contributed by atoms with E-state index in [0.717, 1.165) is 11.1 Å². The first-order valence-electron chi connectivity index (χ1n) is 11.1. The molecular formula is C27H26N4O4. The van der Waals surface area contributed by atoms with Gasteiger partial charge in [0, 0.05) is 5.56 Å². The summed E-state index contributed by atoms with van der Waals surface area (Å²) < 4.78 is 0. The Labute approximate surface area is 203 Å². The number of hydrogen-bond acceptors (Lipinski definition) is 6. The van der Waals surface area contributed by atoms with Crippen molar-refractivity contribution in [3.05, 3.63) is 77.4 Å². The van der Waals surface area contributed by atoms with Crippen LogP contribution in [-0.4, -0.2) is 33.5 Å². The van der Waals surface area contributed by atoms with Crippen LogP contribution in [0.3, 0.4) is 0 Å². The number of aliphatic carboxylic acids is 1. The van der Waals surface area contributed by atoms with Crippen LogP contribution < -0.4 is 10.4 Å². The number of aryl methyl sites for hydroxylation is 2. The average Bonchev–Trinajstić information content (AvgIpc) is 3.12. The molecule has 1 amide bonds. The van der Waals surface area contributed by atoms with Crippen LogP contribution in [-0.2, 0) is 9.59 Å². The number of carboxylic acids is 1. The minimum Gasteiger partial charge on any atom is -0.505 e. The monoisotopic (exact) mass is 470 g/mol. The highest BCUT2D eigenvalue weighted by molar-refractivity contribution is 6.71. The second-order valence-corrected chi connectivity index (χ2v) is 8.53. The lowest BCUT2D eigenvalue weighted by Crippen LogP contribution is -2.28. The highest BCUT2D eigenvalue weighted by Crippen LogP contribution is 2.36. The number of amides is 1. The molecule has 0 aromatic heterocycles. The molecule has 0 bridgehead atoms. The van der Waals surface area contributed by atoms with E-state index in [-0.39, 0.29) is 17.4 Å². The van der Waals surface area contributed by atoms with Gasteiger partial charge in [0.05, 0.1) is 23.0 Å². The van der Waals surface area contributed by atoms with Gasteiger partial charge in [-0.15, -0.1) is 0 Å². The molecule has 3 aromatic rings. The molecular weight excluding hydrogens is 444 g/mol. The van der Waals surface area contributed by atoms with Crippen molar-refractivity contribution in [2.45, 2.75) is 33.6 Å². The van der Waals surface area contributed by atoms with Crippen molar-refractivity contribution in [3.8, 4) is 16.9 Å². The maximum atomic E-state index is 13.0. The first-order chi connectivity index (χ1) is 16.7. The van der Waals surface area contributed by atoms with Gasteiger partial charge in [-0.1, -0.05) is 42.5 Å². The zero-order valence-corrected chi connectivity index (χ0v) is 19.9. The third-order valence-electron chi connectivity index (χ3n) is 6.11. The van der Waals surface area contributed by atoms with Gasteiger partial charge < -0.3 is 10.2 Å². The number of para-hydroxylation sites is 1. The fraction of sp³-hybridized carbons (Fsp3) is 0.185. The maximum absolute atomic E-state index is 13.0. The lowest BCUT2D eigenvalue weighted by Gasteiger charge is -2.13. The topological polar surface area (TPSA) is 115 Å². The molecule has 0 spiro atoms. The van der Waals surface area contributed by atoms with E-state index in [0.29, 0.717) is 33.8 Å². The Morgan fingerprint density at radius 1 is 1.03 bits per heavy atom. The summed E-state index contributed by atoms with van der Waals surface area (Å²) in [5, 5.41) is 30.1. The summed E-state index contributed by atoms with van der Waals surface area (Å²) in [7, 11) is 0. The predicted octanol–water partition coefficient (Wildman–Crippen LogP) is 5.05. The molecule has 3 N–H and O–H groups in total. The molecule has 35 heavy (non-hydrogen) atoms. The summed E-state index contributed by atoms with van der Waals surface area (Å²) in [6, 6.07) is 17.8. The minimum absolute atomic E-state index is 0.0666. The van der Waals surface area contributed by atoms with E-state index in [9.17, 15) is 19.8 Å². The molecule has 0 aliphatic carbocycles. The summed E-state index contributed by atoms with van der Waals surface area (Å²) >= 11 is 0. The highest BCUT2D eigenvalue weighted by atomic mass is 16.4. The number of hydrazone groups is 2. The second-order valence-electron chi connectivity index (χ2n) is 8.53. The number of phenolic OH excluding ortho intramolecular Hbond substituents is 1. The standard InChI is InChI=1S/C27H26N4O4/c1-15-11-12-21(13-16(15)2)31-26(33)24(18(4)30-31)29-28-23-10-6-9-22(25(23)32)20-8-5-7-19(14-20)17(3)27(34)35/h5-14,17,28,32H,1-4H3,(H,34,35)/b29-24-.